The van der Waals surface area contributed by atoms with Gasteiger partial charge in [-0.25, -0.2) is 0 Å². The lowest BCUT2D eigenvalue weighted by atomic mass is 9.97. The van der Waals surface area contributed by atoms with E-state index in [1.54, 1.807) is 11.3 Å². The van der Waals surface area contributed by atoms with E-state index in [1.807, 2.05) is 12.1 Å². The Bertz CT molecular complexity index is 498. The van der Waals surface area contributed by atoms with Crippen molar-refractivity contribution in [3.8, 4) is 0 Å². The number of aliphatic hydroxyl groups excluding tert-OH is 1. The van der Waals surface area contributed by atoms with Gasteiger partial charge in [0.1, 0.15) is 0 Å². The van der Waals surface area contributed by atoms with Crippen molar-refractivity contribution in [2.45, 2.75) is 26.4 Å². The Kier molecular flexibility index (Phi) is 4.02. The Labute approximate surface area is 114 Å². The highest BCUT2D eigenvalue weighted by Gasteiger charge is 2.13. The van der Waals surface area contributed by atoms with E-state index in [0.717, 1.165) is 8.66 Å². The van der Waals surface area contributed by atoms with E-state index in [2.05, 4.69) is 48.0 Å². The molecule has 1 atom stereocenters. The molecule has 90 valence electrons. The Hall–Kier alpha value is -0.640. The van der Waals surface area contributed by atoms with Crippen molar-refractivity contribution in [1.29, 1.82) is 0 Å². The molecular weight excluding hydrogens is 296 g/mol. The molecule has 1 unspecified atom stereocenters. The minimum absolute atomic E-state index is 0.411. The first-order valence-electron chi connectivity index (χ1n) is 5.56. The zero-order chi connectivity index (χ0) is 12.4. The van der Waals surface area contributed by atoms with Crippen LogP contribution < -0.4 is 0 Å². The second kappa shape index (κ2) is 5.34. The molecule has 0 saturated carbocycles. The van der Waals surface area contributed by atoms with Gasteiger partial charge >= 0.3 is 0 Å². The Balaban J connectivity index is 2.21. The van der Waals surface area contributed by atoms with Gasteiger partial charge in [0, 0.05) is 11.3 Å². The molecule has 0 radical (unpaired) electrons. The first kappa shape index (κ1) is 12.8. The van der Waals surface area contributed by atoms with Gasteiger partial charge in [-0.2, -0.15) is 0 Å². The minimum Gasteiger partial charge on any atom is -0.387 e. The van der Waals surface area contributed by atoms with E-state index in [4.69, 9.17) is 0 Å². The van der Waals surface area contributed by atoms with E-state index in [0.29, 0.717) is 6.42 Å². The van der Waals surface area contributed by atoms with Gasteiger partial charge in [-0.15, -0.1) is 11.3 Å². The van der Waals surface area contributed by atoms with E-state index in [9.17, 15) is 5.11 Å². The molecule has 0 aliphatic heterocycles. The van der Waals surface area contributed by atoms with Crippen molar-refractivity contribution >= 4 is 27.3 Å². The molecule has 1 aromatic heterocycles. The third kappa shape index (κ3) is 2.97. The van der Waals surface area contributed by atoms with Crippen molar-refractivity contribution in [1.82, 2.24) is 0 Å². The van der Waals surface area contributed by atoms with E-state index in [-0.39, 0.29) is 0 Å². The average molecular weight is 311 g/mol. The predicted octanol–water partition coefficient (Wildman–Crippen LogP) is 4.40. The summed E-state index contributed by atoms with van der Waals surface area (Å²) in [6, 6.07) is 10.2. The zero-order valence-electron chi connectivity index (χ0n) is 9.90. The van der Waals surface area contributed by atoms with Crippen molar-refractivity contribution in [2.24, 2.45) is 0 Å². The molecule has 1 N–H and O–H groups in total. The molecule has 0 aliphatic rings. The zero-order valence-corrected chi connectivity index (χ0v) is 12.3. The summed E-state index contributed by atoms with van der Waals surface area (Å²) in [6.07, 6.45) is 0.275. The summed E-state index contributed by atoms with van der Waals surface area (Å²) in [6.45, 7) is 4.19. The van der Waals surface area contributed by atoms with Crippen molar-refractivity contribution < 1.29 is 5.11 Å². The van der Waals surface area contributed by atoms with Gasteiger partial charge in [0.05, 0.1) is 9.89 Å². The predicted molar refractivity (Wildman–Crippen MR) is 76.6 cm³/mol. The van der Waals surface area contributed by atoms with Crippen LogP contribution in [0.1, 0.15) is 27.7 Å². The van der Waals surface area contributed by atoms with Gasteiger partial charge in [-0.3, -0.25) is 0 Å². The molecule has 2 rings (SSSR count). The normalized spacial score (nSPS) is 12.7. The summed E-state index contributed by atoms with van der Waals surface area (Å²) in [4.78, 5) is 1.01. The highest BCUT2D eigenvalue weighted by molar-refractivity contribution is 9.11. The lowest BCUT2D eigenvalue weighted by Crippen LogP contribution is -2.03. The smallest absolute Gasteiger partial charge is 0.0922 e. The number of rotatable bonds is 3. The third-order valence-electron chi connectivity index (χ3n) is 2.96. The molecule has 0 saturated heterocycles. The second-order valence-corrected chi connectivity index (χ2v) is 6.73. The fourth-order valence-electron chi connectivity index (χ4n) is 1.97. The Morgan fingerprint density at radius 2 is 1.82 bits per heavy atom. The number of thiophene rings is 1. The van der Waals surface area contributed by atoms with Crippen LogP contribution in [0.2, 0.25) is 0 Å². The maximum Gasteiger partial charge on any atom is 0.0922 e. The van der Waals surface area contributed by atoms with Gasteiger partial charge < -0.3 is 5.11 Å². The van der Waals surface area contributed by atoms with Crippen LogP contribution in [0.15, 0.2) is 34.1 Å². The van der Waals surface area contributed by atoms with Gasteiger partial charge in [-0.1, -0.05) is 18.2 Å². The molecule has 1 nitrogen and oxygen atoms in total. The van der Waals surface area contributed by atoms with Crippen molar-refractivity contribution in [2.75, 3.05) is 0 Å². The number of benzene rings is 1. The van der Waals surface area contributed by atoms with Gasteiger partial charge in [-0.05, 0) is 58.6 Å². The fraction of sp³-hybridized carbons (Fsp3) is 0.286. The molecule has 0 spiro atoms. The Morgan fingerprint density at radius 1 is 1.18 bits per heavy atom. The van der Waals surface area contributed by atoms with Crippen LogP contribution in [0.25, 0.3) is 0 Å². The summed E-state index contributed by atoms with van der Waals surface area (Å²) in [5.74, 6) is 0. The molecule has 0 amide bonds. The maximum absolute atomic E-state index is 10.2. The largest absolute Gasteiger partial charge is 0.387 e. The molecule has 0 bridgehead atoms. The SMILES string of the molecule is Cc1cccc(C)c1CC(O)c1ccc(Br)s1. The highest BCUT2D eigenvalue weighted by atomic mass is 79.9. The highest BCUT2D eigenvalue weighted by Crippen LogP contribution is 2.30. The number of hydrogen-bond donors (Lipinski definition) is 1. The molecule has 1 aromatic carbocycles. The number of aryl methyl sites for hydroxylation is 2. The third-order valence-corrected chi connectivity index (χ3v) is 4.69. The number of aliphatic hydroxyl groups is 1. The molecule has 0 aliphatic carbocycles. The van der Waals surface area contributed by atoms with E-state index >= 15 is 0 Å². The monoisotopic (exact) mass is 310 g/mol. The summed E-state index contributed by atoms with van der Waals surface area (Å²) >= 11 is 5.02. The van der Waals surface area contributed by atoms with Crippen LogP contribution in [-0.4, -0.2) is 5.11 Å². The van der Waals surface area contributed by atoms with E-state index in [1.165, 1.54) is 16.7 Å². The molecule has 17 heavy (non-hydrogen) atoms. The first-order chi connectivity index (χ1) is 8.08. The second-order valence-electron chi connectivity index (χ2n) is 4.23. The lowest BCUT2D eigenvalue weighted by molar-refractivity contribution is 0.182. The number of halogens is 1. The summed E-state index contributed by atoms with van der Waals surface area (Å²) in [7, 11) is 0. The Morgan fingerprint density at radius 3 is 2.35 bits per heavy atom. The summed E-state index contributed by atoms with van der Waals surface area (Å²) < 4.78 is 1.06. The molecule has 3 heteroatoms. The van der Waals surface area contributed by atoms with E-state index < -0.39 is 6.10 Å². The summed E-state index contributed by atoms with van der Waals surface area (Å²) in [5, 5.41) is 10.2. The minimum atomic E-state index is -0.411. The van der Waals surface area contributed by atoms with Crippen LogP contribution >= 0.6 is 27.3 Å². The summed E-state index contributed by atoms with van der Waals surface area (Å²) in [5.41, 5.74) is 3.75. The molecule has 2 aromatic rings. The first-order valence-corrected chi connectivity index (χ1v) is 7.17. The quantitative estimate of drug-likeness (QED) is 0.890. The lowest BCUT2D eigenvalue weighted by Gasteiger charge is -2.13. The van der Waals surface area contributed by atoms with Gasteiger partial charge in [0.25, 0.3) is 0 Å². The van der Waals surface area contributed by atoms with Crippen molar-refractivity contribution in [3.63, 3.8) is 0 Å². The maximum atomic E-state index is 10.2. The van der Waals surface area contributed by atoms with Gasteiger partial charge in [0.15, 0.2) is 0 Å². The van der Waals surface area contributed by atoms with Crippen LogP contribution in [0.5, 0.6) is 0 Å². The van der Waals surface area contributed by atoms with Crippen LogP contribution in [-0.2, 0) is 6.42 Å². The standard InChI is InChI=1S/C14H15BrOS/c1-9-4-3-5-10(2)11(9)8-12(16)13-6-7-14(15)17-13/h3-7,12,16H,8H2,1-2H3. The van der Waals surface area contributed by atoms with Crippen LogP contribution in [0, 0.1) is 13.8 Å². The fourth-order valence-corrected chi connectivity index (χ4v) is 3.38. The van der Waals surface area contributed by atoms with Crippen molar-refractivity contribution in [3.05, 3.63) is 55.7 Å². The average Bonchev–Trinajstić information content (AvgIpc) is 2.70. The van der Waals surface area contributed by atoms with Crippen LogP contribution in [0.4, 0.5) is 0 Å². The topological polar surface area (TPSA) is 20.2 Å². The molecular formula is C14H15BrOS. The number of hydrogen-bond acceptors (Lipinski definition) is 2. The van der Waals surface area contributed by atoms with Gasteiger partial charge in [0.2, 0.25) is 0 Å². The molecule has 1 heterocycles. The molecule has 0 fully saturated rings. The van der Waals surface area contributed by atoms with Crippen LogP contribution in [0.3, 0.4) is 0 Å².